The Balaban J connectivity index is 0.000000845. The highest BCUT2D eigenvalue weighted by molar-refractivity contribution is 8.20. The van der Waals surface area contributed by atoms with E-state index >= 15 is 0 Å². The molecule has 0 fully saturated rings. The van der Waals surface area contributed by atoms with Crippen LogP contribution in [0.5, 0.6) is 0 Å². The summed E-state index contributed by atoms with van der Waals surface area (Å²) in [7, 11) is 0.236. The molecule has 1 heterocycles. The number of hydrogen-bond acceptors (Lipinski definition) is 0. The first-order valence-corrected chi connectivity index (χ1v) is 5.32. The lowest BCUT2D eigenvalue weighted by Crippen LogP contribution is -1.76. The van der Waals surface area contributed by atoms with Crippen LogP contribution in [0, 0.1) is 0 Å². The third kappa shape index (κ3) is 2.68. The van der Waals surface area contributed by atoms with Crippen molar-refractivity contribution in [2.75, 3.05) is 0 Å². The Morgan fingerprint density at radius 2 is 1.54 bits per heavy atom. The van der Waals surface area contributed by atoms with Gasteiger partial charge in [-0.15, -0.1) is 10.5 Å². The van der Waals surface area contributed by atoms with Crippen LogP contribution in [-0.2, 0) is 0 Å². The normalized spacial score (nSPS) is 14.2. The Morgan fingerprint density at radius 3 is 2.15 bits per heavy atom. The number of allylic oxidation sites excluding steroid dienone is 2. The molecule has 1 aromatic carbocycles. The summed E-state index contributed by atoms with van der Waals surface area (Å²) in [5.74, 6) is 0. The van der Waals surface area contributed by atoms with Gasteiger partial charge in [-0.1, -0.05) is 42.5 Å². The smallest absolute Gasteiger partial charge is 0.0195 e. The molecule has 1 aliphatic rings. The van der Waals surface area contributed by atoms with Crippen molar-refractivity contribution in [2.45, 2.75) is 0 Å². The third-order valence-electron chi connectivity index (χ3n) is 1.65. The lowest BCUT2D eigenvalue weighted by Gasteiger charge is -1.93. The van der Waals surface area contributed by atoms with Crippen molar-refractivity contribution in [1.82, 2.24) is 0 Å². The molecule has 1 aliphatic heterocycles. The maximum Gasteiger partial charge on any atom is -0.0195 e. The number of hydrogen-bond donors (Lipinski definition) is 0. The van der Waals surface area contributed by atoms with E-state index in [1.54, 1.807) is 0 Å². The van der Waals surface area contributed by atoms with Gasteiger partial charge in [0.1, 0.15) is 0 Å². The summed E-state index contributed by atoms with van der Waals surface area (Å²) in [6.45, 7) is 0. The van der Waals surface area contributed by atoms with E-state index in [0.717, 1.165) is 0 Å². The van der Waals surface area contributed by atoms with E-state index in [1.165, 1.54) is 5.56 Å². The van der Waals surface area contributed by atoms with Crippen LogP contribution in [0.4, 0.5) is 0 Å². The van der Waals surface area contributed by atoms with Crippen LogP contribution < -0.4 is 0 Å². The van der Waals surface area contributed by atoms with Gasteiger partial charge in [-0.3, -0.25) is 0 Å². The van der Waals surface area contributed by atoms with E-state index in [0.29, 0.717) is 0 Å². The second-order valence-corrected chi connectivity index (χ2v) is 4.19. The molecule has 0 saturated carbocycles. The molecular weight excluding hydrogens is 180 g/mol. The van der Waals surface area contributed by atoms with Crippen LogP contribution in [0.25, 0.3) is 0 Å². The average molecular weight is 192 g/mol. The van der Waals surface area contributed by atoms with Gasteiger partial charge in [0.05, 0.1) is 0 Å². The molecular formula is C11H12OS. The quantitative estimate of drug-likeness (QED) is 0.612. The topological polar surface area (TPSA) is 31.5 Å². The SMILES string of the molecule is C1=CS(=Cc2ccccc2)C=C1.O. The highest BCUT2D eigenvalue weighted by Crippen LogP contribution is 2.22. The van der Waals surface area contributed by atoms with Crippen LogP contribution >= 0.6 is 10.5 Å². The number of rotatable bonds is 1. The van der Waals surface area contributed by atoms with Crippen LogP contribution in [0.15, 0.2) is 53.3 Å². The fourth-order valence-electron chi connectivity index (χ4n) is 1.08. The highest BCUT2D eigenvalue weighted by Gasteiger charge is 1.89. The molecule has 0 atom stereocenters. The largest absolute Gasteiger partial charge is 0.412 e. The zero-order valence-corrected chi connectivity index (χ0v) is 8.00. The summed E-state index contributed by atoms with van der Waals surface area (Å²) in [6.07, 6.45) is 4.20. The Bertz CT molecular complexity index is 336. The molecule has 0 aromatic heterocycles. The molecule has 0 saturated heterocycles. The fraction of sp³-hybridized carbons (Fsp3) is 0. The predicted octanol–water partition coefficient (Wildman–Crippen LogP) is 2.32. The van der Waals surface area contributed by atoms with Gasteiger partial charge < -0.3 is 5.48 Å². The van der Waals surface area contributed by atoms with Crippen molar-refractivity contribution >= 4 is 15.9 Å². The maximum atomic E-state index is 2.28. The Kier molecular flexibility index (Phi) is 3.68. The molecule has 2 N–H and O–H groups in total. The molecule has 68 valence electrons. The van der Waals surface area contributed by atoms with Gasteiger partial charge in [0, 0.05) is 0 Å². The van der Waals surface area contributed by atoms with Crippen molar-refractivity contribution < 1.29 is 5.48 Å². The lowest BCUT2D eigenvalue weighted by atomic mass is 10.2. The minimum Gasteiger partial charge on any atom is -0.412 e. The van der Waals surface area contributed by atoms with Crippen molar-refractivity contribution in [2.24, 2.45) is 0 Å². The lowest BCUT2D eigenvalue weighted by molar-refractivity contribution is 0.824. The third-order valence-corrected chi connectivity index (χ3v) is 3.14. The Morgan fingerprint density at radius 1 is 0.923 bits per heavy atom. The molecule has 0 radical (unpaired) electrons. The van der Waals surface area contributed by atoms with E-state index < -0.39 is 0 Å². The van der Waals surface area contributed by atoms with Crippen LogP contribution in [0.2, 0.25) is 0 Å². The minimum absolute atomic E-state index is 0. The van der Waals surface area contributed by atoms with Gasteiger partial charge in [0.25, 0.3) is 0 Å². The first-order valence-electron chi connectivity index (χ1n) is 3.91. The predicted molar refractivity (Wildman–Crippen MR) is 61.1 cm³/mol. The van der Waals surface area contributed by atoms with Crippen molar-refractivity contribution in [1.29, 1.82) is 0 Å². The molecule has 1 nitrogen and oxygen atoms in total. The van der Waals surface area contributed by atoms with Crippen molar-refractivity contribution in [3.63, 3.8) is 0 Å². The first-order chi connectivity index (χ1) is 5.95. The summed E-state index contributed by atoms with van der Waals surface area (Å²) in [5, 5.41) is 6.71. The molecule has 0 unspecified atom stereocenters. The second-order valence-electron chi connectivity index (χ2n) is 2.59. The molecule has 1 aromatic rings. The zero-order chi connectivity index (χ0) is 8.23. The molecule has 13 heavy (non-hydrogen) atoms. The van der Waals surface area contributed by atoms with E-state index in [-0.39, 0.29) is 16.0 Å². The van der Waals surface area contributed by atoms with Gasteiger partial charge in [0.15, 0.2) is 0 Å². The summed E-state index contributed by atoms with van der Waals surface area (Å²) in [6, 6.07) is 10.4. The monoisotopic (exact) mass is 192 g/mol. The van der Waals surface area contributed by atoms with E-state index in [1.807, 2.05) is 6.07 Å². The Hall–Kier alpha value is -1.12. The van der Waals surface area contributed by atoms with Crippen molar-refractivity contribution in [3.05, 3.63) is 58.9 Å². The Labute approximate surface area is 80.6 Å². The fourth-order valence-corrected chi connectivity index (χ4v) is 2.35. The molecule has 0 bridgehead atoms. The molecule has 0 aliphatic carbocycles. The zero-order valence-electron chi connectivity index (χ0n) is 7.18. The van der Waals surface area contributed by atoms with Gasteiger partial charge in [-0.25, -0.2) is 0 Å². The molecule has 2 rings (SSSR count). The average Bonchev–Trinajstić information content (AvgIpc) is 2.59. The highest BCUT2D eigenvalue weighted by atomic mass is 32.2. The minimum atomic E-state index is 0. The summed E-state index contributed by atoms with van der Waals surface area (Å²) >= 11 is 0. The molecule has 2 heteroatoms. The van der Waals surface area contributed by atoms with E-state index in [4.69, 9.17) is 0 Å². The van der Waals surface area contributed by atoms with E-state index in [2.05, 4.69) is 52.6 Å². The summed E-state index contributed by atoms with van der Waals surface area (Å²) in [5.41, 5.74) is 1.30. The first kappa shape index (κ1) is 9.96. The van der Waals surface area contributed by atoms with Crippen LogP contribution in [-0.4, -0.2) is 10.8 Å². The van der Waals surface area contributed by atoms with Gasteiger partial charge in [0.2, 0.25) is 0 Å². The second kappa shape index (κ2) is 4.80. The standard InChI is InChI=1S/C11H10S.H2O/c1-2-6-11(7-3-1)10-12-8-4-5-9-12;/h1-10H;1H2. The van der Waals surface area contributed by atoms with E-state index in [9.17, 15) is 0 Å². The van der Waals surface area contributed by atoms with Crippen molar-refractivity contribution in [3.8, 4) is 0 Å². The maximum absolute atomic E-state index is 2.28. The van der Waals surface area contributed by atoms with Gasteiger partial charge >= 0.3 is 0 Å². The molecule has 0 amide bonds. The molecule has 0 spiro atoms. The van der Waals surface area contributed by atoms with Crippen LogP contribution in [0.1, 0.15) is 5.56 Å². The summed E-state index contributed by atoms with van der Waals surface area (Å²) < 4.78 is 0. The van der Waals surface area contributed by atoms with Crippen LogP contribution in [0.3, 0.4) is 0 Å². The summed E-state index contributed by atoms with van der Waals surface area (Å²) in [4.78, 5) is 0. The van der Waals surface area contributed by atoms with Gasteiger partial charge in [-0.2, -0.15) is 0 Å². The number of benzene rings is 1. The van der Waals surface area contributed by atoms with Gasteiger partial charge in [-0.05, 0) is 21.7 Å².